The van der Waals surface area contributed by atoms with Crippen molar-refractivity contribution in [3.8, 4) is 0 Å². The highest BCUT2D eigenvalue weighted by Gasteiger charge is 2.06. The number of rotatable bonds is 0. The Bertz CT molecular complexity index is 517. The molecule has 0 spiro atoms. The normalized spacial score (nSPS) is 10.6. The van der Waals surface area contributed by atoms with E-state index in [1.807, 2.05) is 0 Å². The molecule has 0 aromatic carbocycles. The number of hydrogen-bond donors (Lipinski definition) is 1. The van der Waals surface area contributed by atoms with Gasteiger partial charge >= 0.3 is 0 Å². The Kier molecular flexibility index (Phi) is 1.58. The third-order valence-corrected chi connectivity index (χ3v) is 1.96. The van der Waals surface area contributed by atoms with E-state index in [-0.39, 0.29) is 5.56 Å². The average Bonchev–Trinajstić information content (AvgIpc) is 2.12. The van der Waals surface area contributed by atoms with Gasteiger partial charge in [0.2, 0.25) is 0 Å². The van der Waals surface area contributed by atoms with Crippen LogP contribution in [0.15, 0.2) is 11.0 Å². The van der Waals surface area contributed by atoms with E-state index in [0.29, 0.717) is 11.1 Å². The van der Waals surface area contributed by atoms with Crippen LogP contribution in [0, 0.1) is 13.8 Å². The van der Waals surface area contributed by atoms with Gasteiger partial charge in [-0.1, -0.05) is 0 Å². The van der Waals surface area contributed by atoms with Gasteiger partial charge in [0.05, 0.1) is 23.0 Å². The van der Waals surface area contributed by atoms with Gasteiger partial charge in [0, 0.05) is 5.39 Å². The fourth-order valence-corrected chi connectivity index (χ4v) is 1.29. The van der Waals surface area contributed by atoms with Gasteiger partial charge in [0.1, 0.15) is 0 Å². The van der Waals surface area contributed by atoms with Crippen molar-refractivity contribution in [3.05, 3.63) is 27.9 Å². The van der Waals surface area contributed by atoms with E-state index in [1.165, 1.54) is 0 Å². The molecule has 66 valence electrons. The molecule has 0 aliphatic carbocycles. The minimum absolute atomic E-state index is 0.215. The van der Waals surface area contributed by atoms with Crippen molar-refractivity contribution in [1.29, 1.82) is 0 Å². The molecule has 0 bridgehead atoms. The number of aromatic nitrogens is 4. The lowest BCUT2D eigenvalue weighted by Crippen LogP contribution is -2.11. The number of fused-ring (bicyclic) bond motifs is 1. The van der Waals surface area contributed by atoms with Crippen molar-refractivity contribution >= 4 is 10.8 Å². The summed E-state index contributed by atoms with van der Waals surface area (Å²) in [6, 6.07) is 0. The molecule has 0 amide bonds. The average molecular weight is 176 g/mol. The molecule has 0 atom stereocenters. The van der Waals surface area contributed by atoms with Gasteiger partial charge in [-0.05, 0) is 13.8 Å². The molecule has 2 heterocycles. The molecule has 5 heteroatoms. The molecule has 0 aliphatic rings. The van der Waals surface area contributed by atoms with E-state index in [0.717, 1.165) is 11.1 Å². The third kappa shape index (κ3) is 1.09. The van der Waals surface area contributed by atoms with E-state index in [9.17, 15) is 4.79 Å². The maximum absolute atomic E-state index is 11.4. The summed E-state index contributed by atoms with van der Waals surface area (Å²) in [6.07, 6.45) is 1.59. The van der Waals surface area contributed by atoms with Crippen LogP contribution in [-0.2, 0) is 0 Å². The summed E-state index contributed by atoms with van der Waals surface area (Å²) in [4.78, 5) is 11.4. The van der Waals surface area contributed by atoms with Crippen LogP contribution in [-0.4, -0.2) is 20.4 Å². The molecule has 0 saturated heterocycles. The van der Waals surface area contributed by atoms with Crippen molar-refractivity contribution in [3.63, 3.8) is 0 Å². The maximum Gasteiger partial charge on any atom is 0.274 e. The summed E-state index contributed by atoms with van der Waals surface area (Å²) in [5, 5.41) is 15.2. The molecule has 2 rings (SSSR count). The number of nitrogens with zero attached hydrogens (tertiary/aromatic N) is 3. The molecule has 0 aliphatic heterocycles. The Balaban J connectivity index is 3.09. The predicted molar refractivity (Wildman–Crippen MR) is 47.4 cm³/mol. The predicted octanol–water partition coefficient (Wildman–Crippen LogP) is 0.330. The number of H-pyrrole nitrogens is 1. The molecular weight excluding hydrogens is 168 g/mol. The van der Waals surface area contributed by atoms with Gasteiger partial charge < -0.3 is 0 Å². The van der Waals surface area contributed by atoms with Crippen LogP contribution in [0.3, 0.4) is 0 Å². The van der Waals surface area contributed by atoms with Crippen molar-refractivity contribution in [2.24, 2.45) is 0 Å². The van der Waals surface area contributed by atoms with E-state index in [1.54, 1.807) is 20.0 Å². The van der Waals surface area contributed by atoms with Crippen LogP contribution >= 0.6 is 0 Å². The zero-order valence-electron chi connectivity index (χ0n) is 7.33. The molecule has 13 heavy (non-hydrogen) atoms. The van der Waals surface area contributed by atoms with E-state index in [4.69, 9.17) is 0 Å². The second kappa shape index (κ2) is 2.62. The van der Waals surface area contributed by atoms with E-state index < -0.39 is 0 Å². The Morgan fingerprint density at radius 1 is 1.23 bits per heavy atom. The van der Waals surface area contributed by atoms with Crippen LogP contribution in [0.25, 0.3) is 10.8 Å². The van der Waals surface area contributed by atoms with Crippen LogP contribution in [0.4, 0.5) is 0 Å². The van der Waals surface area contributed by atoms with Crippen molar-refractivity contribution in [1.82, 2.24) is 20.4 Å². The number of nitrogens with one attached hydrogen (secondary N) is 1. The summed E-state index contributed by atoms with van der Waals surface area (Å²) >= 11 is 0. The Labute approximate surface area is 73.8 Å². The van der Waals surface area contributed by atoms with Crippen molar-refractivity contribution < 1.29 is 0 Å². The zero-order chi connectivity index (χ0) is 9.42. The van der Waals surface area contributed by atoms with Crippen LogP contribution in [0.5, 0.6) is 0 Å². The highest BCUT2D eigenvalue weighted by atomic mass is 16.1. The molecule has 0 saturated carbocycles. The lowest BCUT2D eigenvalue weighted by atomic mass is 10.2. The van der Waals surface area contributed by atoms with Crippen LogP contribution < -0.4 is 5.56 Å². The molecule has 5 nitrogen and oxygen atoms in total. The van der Waals surface area contributed by atoms with Gasteiger partial charge in [-0.3, -0.25) is 4.79 Å². The Hall–Kier alpha value is -1.78. The highest BCUT2D eigenvalue weighted by molar-refractivity contribution is 5.83. The molecule has 2 aromatic rings. The lowest BCUT2D eigenvalue weighted by Gasteiger charge is -1.99. The van der Waals surface area contributed by atoms with Gasteiger partial charge in [0.25, 0.3) is 5.56 Å². The van der Waals surface area contributed by atoms with E-state index in [2.05, 4.69) is 20.4 Å². The summed E-state index contributed by atoms with van der Waals surface area (Å²) < 4.78 is 0. The highest BCUT2D eigenvalue weighted by Crippen LogP contribution is 2.11. The number of aromatic amines is 1. The van der Waals surface area contributed by atoms with Crippen LogP contribution in [0.1, 0.15) is 11.4 Å². The number of hydrogen-bond acceptors (Lipinski definition) is 4. The molecule has 2 aromatic heterocycles. The van der Waals surface area contributed by atoms with Crippen molar-refractivity contribution in [2.45, 2.75) is 13.8 Å². The zero-order valence-corrected chi connectivity index (χ0v) is 7.33. The van der Waals surface area contributed by atoms with Gasteiger partial charge in [-0.2, -0.15) is 15.3 Å². The summed E-state index contributed by atoms with van der Waals surface area (Å²) in [5.74, 6) is 0. The number of aryl methyl sites for hydroxylation is 2. The third-order valence-electron chi connectivity index (χ3n) is 1.96. The summed E-state index contributed by atoms with van der Waals surface area (Å²) in [5.41, 5.74) is 1.14. The summed E-state index contributed by atoms with van der Waals surface area (Å²) in [7, 11) is 0. The largest absolute Gasteiger partial charge is 0.274 e. The molecule has 0 unspecified atom stereocenters. The Morgan fingerprint density at radius 3 is 2.62 bits per heavy atom. The van der Waals surface area contributed by atoms with Gasteiger partial charge in [-0.15, -0.1) is 0 Å². The van der Waals surface area contributed by atoms with Crippen LogP contribution in [0.2, 0.25) is 0 Å². The SMILES string of the molecule is Cc1nnc(C)c2c(=O)[nH]ncc12. The first kappa shape index (κ1) is 7.85. The fraction of sp³-hybridized carbons (Fsp3) is 0.250. The molecule has 0 fully saturated rings. The molecule has 1 N–H and O–H groups in total. The second-order valence-corrected chi connectivity index (χ2v) is 2.86. The smallest absolute Gasteiger partial charge is 0.267 e. The Morgan fingerprint density at radius 2 is 1.92 bits per heavy atom. The minimum atomic E-state index is -0.215. The minimum Gasteiger partial charge on any atom is -0.267 e. The quantitative estimate of drug-likeness (QED) is 0.627. The van der Waals surface area contributed by atoms with Gasteiger partial charge in [0.15, 0.2) is 0 Å². The fourth-order valence-electron chi connectivity index (χ4n) is 1.29. The monoisotopic (exact) mass is 176 g/mol. The first-order valence-electron chi connectivity index (χ1n) is 3.87. The lowest BCUT2D eigenvalue weighted by molar-refractivity contribution is 0.940. The second-order valence-electron chi connectivity index (χ2n) is 2.86. The first-order chi connectivity index (χ1) is 6.20. The topological polar surface area (TPSA) is 71.5 Å². The maximum atomic E-state index is 11.4. The van der Waals surface area contributed by atoms with E-state index >= 15 is 0 Å². The molecular formula is C8H8N4O. The van der Waals surface area contributed by atoms with Crippen molar-refractivity contribution in [2.75, 3.05) is 0 Å². The standard InChI is InChI=1S/C8H8N4O/c1-4-6-3-9-12-8(13)7(6)5(2)11-10-4/h3H,1-2H3,(H,12,13). The van der Waals surface area contributed by atoms with Gasteiger partial charge in [-0.25, -0.2) is 5.10 Å². The molecule has 0 radical (unpaired) electrons. The first-order valence-corrected chi connectivity index (χ1v) is 3.87. The summed E-state index contributed by atoms with van der Waals surface area (Å²) in [6.45, 7) is 3.56.